The summed E-state index contributed by atoms with van der Waals surface area (Å²) in [6, 6.07) is 5.10. The quantitative estimate of drug-likeness (QED) is 0.476. The Kier molecular flexibility index (Phi) is 5.32. The number of nitrogens with one attached hydrogen (secondary N) is 1. The maximum Gasteiger partial charge on any atom is 0.339 e. The van der Waals surface area contributed by atoms with Gasteiger partial charge in [-0.25, -0.2) is 4.79 Å². The van der Waals surface area contributed by atoms with Crippen molar-refractivity contribution >= 4 is 23.4 Å². The fourth-order valence-electron chi connectivity index (χ4n) is 1.89. The Labute approximate surface area is 141 Å². The summed E-state index contributed by atoms with van der Waals surface area (Å²) in [5.41, 5.74) is -0.462. The highest BCUT2D eigenvalue weighted by atomic mass is 16.6. The Morgan fingerprint density at radius 1 is 1.36 bits per heavy atom. The van der Waals surface area contributed by atoms with E-state index in [1.807, 2.05) is 0 Å². The zero-order valence-corrected chi connectivity index (χ0v) is 13.6. The highest BCUT2D eigenvalue weighted by Gasteiger charge is 2.23. The van der Waals surface area contributed by atoms with Gasteiger partial charge in [0.25, 0.3) is 5.91 Å². The molecule has 0 saturated carbocycles. The molecule has 0 saturated heterocycles. The van der Waals surface area contributed by atoms with Crippen molar-refractivity contribution in [1.82, 2.24) is 5.16 Å². The second kappa shape index (κ2) is 7.43. The number of nitro benzene ring substituents is 1. The number of ether oxygens (including phenoxy) is 2. The van der Waals surface area contributed by atoms with E-state index >= 15 is 0 Å². The predicted octanol–water partition coefficient (Wildman–Crippen LogP) is 2.08. The molecule has 1 N–H and O–H groups in total. The van der Waals surface area contributed by atoms with Crippen molar-refractivity contribution in [2.75, 3.05) is 12.4 Å². The van der Waals surface area contributed by atoms with Gasteiger partial charge in [-0.15, -0.1) is 0 Å². The van der Waals surface area contributed by atoms with E-state index in [4.69, 9.17) is 14.0 Å². The monoisotopic (exact) mass is 349 g/mol. The summed E-state index contributed by atoms with van der Waals surface area (Å²) in [4.78, 5) is 34.4. The molecule has 10 heteroatoms. The summed E-state index contributed by atoms with van der Waals surface area (Å²) in [5, 5.41) is 17.0. The summed E-state index contributed by atoms with van der Waals surface area (Å²) in [6.07, 6.45) is -1.15. The number of anilines is 1. The van der Waals surface area contributed by atoms with Gasteiger partial charge in [-0.1, -0.05) is 5.16 Å². The van der Waals surface area contributed by atoms with Crippen LogP contribution in [0.5, 0.6) is 5.75 Å². The van der Waals surface area contributed by atoms with Gasteiger partial charge in [0.2, 0.25) is 0 Å². The lowest BCUT2D eigenvalue weighted by atomic mass is 10.2. The van der Waals surface area contributed by atoms with Crippen LogP contribution in [0.4, 0.5) is 11.5 Å². The molecule has 1 aromatic carbocycles. The topological polar surface area (TPSA) is 134 Å². The Bertz CT molecular complexity index is 815. The summed E-state index contributed by atoms with van der Waals surface area (Å²) in [5.74, 6) is -0.806. The number of amides is 1. The second-order valence-electron chi connectivity index (χ2n) is 5.00. The Balaban J connectivity index is 2.06. The molecular weight excluding hydrogens is 334 g/mol. The van der Waals surface area contributed by atoms with Crippen LogP contribution in [-0.2, 0) is 9.53 Å². The molecule has 1 amide bonds. The molecule has 0 unspecified atom stereocenters. The number of methoxy groups -OCH3 is 1. The largest absolute Gasteiger partial charge is 0.490 e. The van der Waals surface area contributed by atoms with Crippen LogP contribution in [0.2, 0.25) is 0 Å². The minimum Gasteiger partial charge on any atom is -0.490 e. The smallest absolute Gasteiger partial charge is 0.339 e. The van der Waals surface area contributed by atoms with Crippen molar-refractivity contribution in [3.05, 3.63) is 45.7 Å². The number of nitrogens with zero attached hydrogens (tertiary/aromatic N) is 2. The number of benzene rings is 1. The fraction of sp³-hybridized carbons (Fsp3) is 0.267. The molecule has 0 radical (unpaired) electrons. The van der Waals surface area contributed by atoms with Crippen LogP contribution >= 0.6 is 0 Å². The van der Waals surface area contributed by atoms with Crippen LogP contribution in [0, 0.1) is 17.0 Å². The zero-order chi connectivity index (χ0) is 18.6. The molecule has 2 aromatic rings. The number of hydrogen-bond donors (Lipinski definition) is 1. The maximum absolute atomic E-state index is 12.1. The Morgan fingerprint density at radius 3 is 2.64 bits per heavy atom. The Morgan fingerprint density at radius 2 is 2.08 bits per heavy atom. The van der Waals surface area contributed by atoms with E-state index in [9.17, 15) is 19.7 Å². The van der Waals surface area contributed by atoms with E-state index in [0.717, 1.165) is 6.07 Å². The molecule has 1 aromatic heterocycles. The van der Waals surface area contributed by atoms with E-state index in [1.165, 1.54) is 32.2 Å². The molecule has 0 fully saturated rings. The average Bonchev–Trinajstić information content (AvgIpc) is 2.98. The van der Waals surface area contributed by atoms with Crippen LogP contribution in [-0.4, -0.2) is 35.2 Å². The second-order valence-corrected chi connectivity index (χ2v) is 5.00. The number of aryl methyl sites for hydroxylation is 1. The normalized spacial score (nSPS) is 11.5. The van der Waals surface area contributed by atoms with Gasteiger partial charge in [0.1, 0.15) is 5.76 Å². The first kappa shape index (κ1) is 17.9. The standard InChI is InChI=1S/C15H15N3O7/c1-8-6-13(17-25-8)16-14(19)9(2)24-15(20)10-4-5-12(23-3)11(7-10)18(21)22/h4-7,9H,1-3H3,(H,16,17,19)/t9-/m1/s1. The molecule has 0 aliphatic rings. The van der Waals surface area contributed by atoms with Gasteiger partial charge >= 0.3 is 11.7 Å². The highest BCUT2D eigenvalue weighted by molar-refractivity contribution is 5.97. The van der Waals surface area contributed by atoms with E-state index in [2.05, 4.69) is 10.5 Å². The summed E-state index contributed by atoms with van der Waals surface area (Å²) < 4.78 is 14.7. The number of carbonyl (C=O) groups excluding carboxylic acids is 2. The molecule has 1 atom stereocenters. The van der Waals surface area contributed by atoms with Crippen molar-refractivity contribution in [3.8, 4) is 5.75 Å². The summed E-state index contributed by atoms with van der Waals surface area (Å²) in [7, 11) is 1.28. The van der Waals surface area contributed by atoms with E-state index in [0.29, 0.717) is 5.76 Å². The van der Waals surface area contributed by atoms with Gasteiger partial charge in [-0.05, 0) is 26.0 Å². The SMILES string of the molecule is COc1ccc(C(=O)O[C@H](C)C(=O)Nc2cc(C)on2)cc1[N+](=O)[O-]. The third-order valence-corrected chi connectivity index (χ3v) is 3.14. The molecule has 132 valence electrons. The molecule has 0 spiro atoms. The molecular formula is C15H15N3O7. The number of rotatable bonds is 6. The van der Waals surface area contributed by atoms with Crippen LogP contribution in [0.3, 0.4) is 0 Å². The fourth-order valence-corrected chi connectivity index (χ4v) is 1.89. The van der Waals surface area contributed by atoms with Gasteiger partial charge in [0.15, 0.2) is 17.7 Å². The lowest BCUT2D eigenvalue weighted by Gasteiger charge is -2.12. The zero-order valence-electron chi connectivity index (χ0n) is 13.6. The highest BCUT2D eigenvalue weighted by Crippen LogP contribution is 2.27. The third kappa shape index (κ3) is 4.31. The van der Waals surface area contributed by atoms with Crippen LogP contribution in [0.1, 0.15) is 23.0 Å². The van der Waals surface area contributed by atoms with Gasteiger partial charge in [0, 0.05) is 12.1 Å². The number of nitro groups is 1. The lowest BCUT2D eigenvalue weighted by molar-refractivity contribution is -0.385. The molecule has 10 nitrogen and oxygen atoms in total. The molecule has 0 aliphatic heterocycles. The maximum atomic E-state index is 12.1. The first-order valence-corrected chi connectivity index (χ1v) is 7.09. The van der Waals surface area contributed by atoms with Crippen molar-refractivity contribution in [1.29, 1.82) is 0 Å². The minimum absolute atomic E-state index is 0.00810. The van der Waals surface area contributed by atoms with E-state index in [-0.39, 0.29) is 22.8 Å². The number of aromatic nitrogens is 1. The van der Waals surface area contributed by atoms with E-state index in [1.54, 1.807) is 6.92 Å². The molecule has 2 rings (SSSR count). The molecule has 1 heterocycles. The van der Waals surface area contributed by atoms with E-state index < -0.39 is 22.9 Å². The predicted molar refractivity (Wildman–Crippen MR) is 84.4 cm³/mol. The number of hydrogen-bond acceptors (Lipinski definition) is 8. The Hall–Kier alpha value is -3.43. The lowest BCUT2D eigenvalue weighted by Crippen LogP contribution is -2.30. The van der Waals surface area contributed by atoms with Crippen molar-refractivity contribution in [3.63, 3.8) is 0 Å². The summed E-state index contributed by atoms with van der Waals surface area (Å²) >= 11 is 0. The first-order chi connectivity index (χ1) is 11.8. The van der Waals surface area contributed by atoms with Crippen molar-refractivity contribution in [2.24, 2.45) is 0 Å². The van der Waals surface area contributed by atoms with Crippen LogP contribution in [0.25, 0.3) is 0 Å². The van der Waals surface area contributed by atoms with Crippen molar-refractivity contribution < 1.29 is 28.5 Å². The first-order valence-electron chi connectivity index (χ1n) is 7.09. The molecule has 0 aliphatic carbocycles. The summed E-state index contributed by atoms with van der Waals surface area (Å²) in [6.45, 7) is 3.01. The van der Waals surface area contributed by atoms with Gasteiger partial charge in [0.05, 0.1) is 17.6 Å². The van der Waals surface area contributed by atoms with Gasteiger partial charge in [-0.3, -0.25) is 14.9 Å². The molecule has 0 bridgehead atoms. The number of esters is 1. The average molecular weight is 349 g/mol. The minimum atomic E-state index is -1.15. The third-order valence-electron chi connectivity index (χ3n) is 3.14. The van der Waals surface area contributed by atoms with Crippen LogP contribution in [0.15, 0.2) is 28.8 Å². The van der Waals surface area contributed by atoms with Crippen LogP contribution < -0.4 is 10.1 Å². The molecule has 25 heavy (non-hydrogen) atoms. The van der Waals surface area contributed by atoms with Gasteiger partial charge in [-0.2, -0.15) is 0 Å². The van der Waals surface area contributed by atoms with Crippen molar-refractivity contribution in [2.45, 2.75) is 20.0 Å². The number of carbonyl (C=O) groups is 2. The van der Waals surface area contributed by atoms with Gasteiger partial charge < -0.3 is 19.3 Å².